The molecule has 7 nitrogen and oxygen atoms in total. The number of ether oxygens (including phenoxy) is 2. The number of hydrogen-bond acceptors (Lipinski definition) is 5. The Morgan fingerprint density at radius 1 is 1.20 bits per heavy atom. The van der Waals surface area contributed by atoms with Crippen LogP contribution in [0, 0.1) is 7.14 Å². The second kappa shape index (κ2) is 9.96. The molecule has 0 spiro atoms. The first-order valence-corrected chi connectivity index (χ1v) is 11.1. The summed E-state index contributed by atoms with van der Waals surface area (Å²) in [5.41, 5.74) is 1.67. The van der Waals surface area contributed by atoms with Gasteiger partial charge in [-0.2, -0.15) is 0 Å². The zero-order valence-electron chi connectivity index (χ0n) is 15.6. The minimum atomic E-state index is -0.677. The Kier molecular flexibility index (Phi) is 7.58. The van der Waals surface area contributed by atoms with E-state index in [-0.39, 0.29) is 5.70 Å². The van der Waals surface area contributed by atoms with Crippen LogP contribution in [0.25, 0.3) is 6.08 Å². The van der Waals surface area contributed by atoms with E-state index >= 15 is 0 Å². The lowest BCUT2D eigenvalue weighted by molar-refractivity contribution is -0.143. The monoisotopic (exact) mass is 652 g/mol. The summed E-state index contributed by atoms with van der Waals surface area (Å²) >= 11 is 10.5. The minimum Gasteiger partial charge on any atom is -0.487 e. The van der Waals surface area contributed by atoms with Crippen LogP contribution in [-0.4, -0.2) is 36.5 Å². The van der Waals surface area contributed by atoms with Crippen molar-refractivity contribution in [2.24, 2.45) is 0 Å². The number of carbonyl (C=O) groups excluding carboxylic acids is 3. The molecule has 2 aromatic carbocycles. The lowest BCUT2D eigenvalue weighted by atomic mass is 10.2. The molecule has 0 radical (unpaired) electrons. The van der Waals surface area contributed by atoms with Crippen LogP contribution >= 0.6 is 56.8 Å². The van der Waals surface area contributed by atoms with Crippen LogP contribution in [0.3, 0.4) is 0 Å². The molecule has 0 atom stereocenters. The van der Waals surface area contributed by atoms with Gasteiger partial charge in [0.15, 0.2) is 0 Å². The minimum absolute atomic E-state index is 0.0836. The summed E-state index contributed by atoms with van der Waals surface area (Å²) in [5, 5.41) is 3.11. The maximum absolute atomic E-state index is 12.4. The SMILES string of the molecule is COC(=O)CN1C(=O)N/C(=C/c2cc(I)c(OCc3ccccc3Cl)c(I)c2)C1=O. The number of nitrogens with one attached hydrogen (secondary N) is 1. The maximum Gasteiger partial charge on any atom is 0.329 e. The molecule has 3 amide bonds. The number of esters is 1. The van der Waals surface area contributed by atoms with E-state index in [4.69, 9.17) is 16.3 Å². The van der Waals surface area contributed by atoms with Gasteiger partial charge in [0.25, 0.3) is 5.91 Å². The van der Waals surface area contributed by atoms with E-state index in [0.717, 1.165) is 17.6 Å². The molecule has 2 aromatic rings. The van der Waals surface area contributed by atoms with Crippen molar-refractivity contribution in [1.29, 1.82) is 0 Å². The van der Waals surface area contributed by atoms with E-state index in [1.165, 1.54) is 7.11 Å². The van der Waals surface area contributed by atoms with Crippen molar-refractivity contribution in [1.82, 2.24) is 10.2 Å². The van der Waals surface area contributed by atoms with Crippen molar-refractivity contribution in [2.75, 3.05) is 13.7 Å². The Morgan fingerprint density at radius 3 is 2.50 bits per heavy atom. The molecule has 156 valence electrons. The third-order valence-electron chi connectivity index (χ3n) is 4.14. The molecular formula is C20H15ClI2N2O5. The highest BCUT2D eigenvalue weighted by Gasteiger charge is 2.35. The highest BCUT2D eigenvalue weighted by Crippen LogP contribution is 2.31. The third kappa shape index (κ3) is 5.24. The fourth-order valence-electron chi connectivity index (χ4n) is 2.64. The molecule has 1 aliphatic rings. The van der Waals surface area contributed by atoms with Gasteiger partial charge in [-0.15, -0.1) is 0 Å². The number of imide groups is 1. The highest BCUT2D eigenvalue weighted by molar-refractivity contribution is 14.1. The second-order valence-corrected chi connectivity index (χ2v) is 8.88. The van der Waals surface area contributed by atoms with Crippen molar-refractivity contribution in [3.8, 4) is 5.75 Å². The summed E-state index contributed by atoms with van der Waals surface area (Å²) in [6.45, 7) is -0.120. The van der Waals surface area contributed by atoms with Crippen LogP contribution in [0.15, 0.2) is 42.1 Å². The number of hydrogen-bond donors (Lipinski definition) is 1. The third-order valence-corrected chi connectivity index (χ3v) is 6.11. The molecule has 0 bridgehead atoms. The Hall–Kier alpha value is -1.86. The van der Waals surface area contributed by atoms with Gasteiger partial charge >= 0.3 is 12.0 Å². The number of nitrogens with zero attached hydrogens (tertiary/aromatic N) is 1. The number of amides is 3. The standard InChI is InChI=1S/C20H15ClI2N2O5/c1-29-17(26)9-25-19(27)16(24-20(25)28)8-11-6-14(22)18(15(23)7-11)30-10-12-4-2-3-5-13(12)21/h2-8H,9-10H2,1H3,(H,24,28)/b16-8+. The van der Waals surface area contributed by atoms with Crippen molar-refractivity contribution >= 4 is 80.8 Å². The second-order valence-electron chi connectivity index (χ2n) is 6.15. The summed E-state index contributed by atoms with van der Waals surface area (Å²) in [4.78, 5) is 36.6. The summed E-state index contributed by atoms with van der Waals surface area (Å²) in [6, 6.07) is 10.5. The van der Waals surface area contributed by atoms with Crippen molar-refractivity contribution in [3.63, 3.8) is 0 Å². The van der Waals surface area contributed by atoms with Gasteiger partial charge in [0.1, 0.15) is 24.6 Å². The zero-order valence-corrected chi connectivity index (χ0v) is 20.6. The molecule has 1 fully saturated rings. The average molecular weight is 653 g/mol. The molecule has 0 aromatic heterocycles. The first-order chi connectivity index (χ1) is 14.3. The van der Waals surface area contributed by atoms with Gasteiger partial charge in [-0.25, -0.2) is 9.69 Å². The predicted octanol–water partition coefficient (Wildman–Crippen LogP) is 4.19. The van der Waals surface area contributed by atoms with Crippen molar-refractivity contribution in [2.45, 2.75) is 6.61 Å². The zero-order chi connectivity index (χ0) is 21.8. The Bertz CT molecular complexity index is 1030. The number of carbonyl (C=O) groups is 3. The first-order valence-electron chi connectivity index (χ1n) is 8.56. The van der Waals surface area contributed by atoms with Crippen LogP contribution in [-0.2, 0) is 20.9 Å². The fourth-order valence-corrected chi connectivity index (χ4v) is 4.96. The Balaban J connectivity index is 1.78. The van der Waals surface area contributed by atoms with E-state index < -0.39 is 24.5 Å². The molecular weight excluding hydrogens is 637 g/mol. The van der Waals surface area contributed by atoms with E-state index in [2.05, 4.69) is 55.2 Å². The normalized spacial score (nSPS) is 14.8. The average Bonchev–Trinajstić information content (AvgIpc) is 2.95. The van der Waals surface area contributed by atoms with Crippen LogP contribution in [0.2, 0.25) is 5.02 Å². The molecule has 3 rings (SSSR count). The molecule has 0 unspecified atom stereocenters. The number of halogens is 3. The van der Waals surface area contributed by atoms with Crippen LogP contribution in [0.1, 0.15) is 11.1 Å². The topological polar surface area (TPSA) is 84.9 Å². The fraction of sp³-hybridized carbons (Fsp3) is 0.150. The number of methoxy groups -OCH3 is 1. The lowest BCUT2D eigenvalue weighted by Gasteiger charge is -2.12. The lowest BCUT2D eigenvalue weighted by Crippen LogP contribution is -2.36. The largest absolute Gasteiger partial charge is 0.487 e. The predicted molar refractivity (Wildman–Crippen MR) is 128 cm³/mol. The van der Waals surface area contributed by atoms with Crippen molar-refractivity contribution in [3.05, 3.63) is 65.4 Å². The van der Waals surface area contributed by atoms with Crippen LogP contribution < -0.4 is 10.1 Å². The Labute approximate surface area is 205 Å². The molecule has 10 heteroatoms. The van der Waals surface area contributed by atoms with Gasteiger partial charge < -0.3 is 14.8 Å². The van der Waals surface area contributed by atoms with E-state index in [9.17, 15) is 14.4 Å². The van der Waals surface area contributed by atoms with Gasteiger partial charge in [0, 0.05) is 10.6 Å². The van der Waals surface area contributed by atoms with E-state index in [0.29, 0.717) is 22.9 Å². The van der Waals surface area contributed by atoms with Crippen LogP contribution in [0.4, 0.5) is 4.79 Å². The van der Waals surface area contributed by atoms with E-state index in [1.807, 2.05) is 36.4 Å². The van der Waals surface area contributed by atoms with E-state index in [1.54, 1.807) is 6.08 Å². The van der Waals surface area contributed by atoms with Crippen LogP contribution in [0.5, 0.6) is 5.75 Å². The Morgan fingerprint density at radius 2 is 1.87 bits per heavy atom. The summed E-state index contributed by atoms with van der Waals surface area (Å²) in [5.74, 6) is -0.564. The number of urea groups is 1. The molecule has 0 saturated carbocycles. The van der Waals surface area contributed by atoms with Gasteiger partial charge in [0.2, 0.25) is 0 Å². The maximum atomic E-state index is 12.4. The molecule has 1 saturated heterocycles. The molecule has 0 aliphatic carbocycles. The molecule has 30 heavy (non-hydrogen) atoms. The summed E-state index contributed by atoms with van der Waals surface area (Å²) < 4.78 is 12.1. The van der Waals surface area contributed by atoms with Gasteiger partial charge in [-0.3, -0.25) is 9.59 Å². The molecule has 1 N–H and O–H groups in total. The summed E-state index contributed by atoms with van der Waals surface area (Å²) in [6.07, 6.45) is 1.56. The van der Waals surface area contributed by atoms with Gasteiger partial charge in [-0.05, 0) is 75.0 Å². The smallest absolute Gasteiger partial charge is 0.329 e. The van der Waals surface area contributed by atoms with Gasteiger partial charge in [-0.1, -0.05) is 29.8 Å². The summed E-state index contributed by atoms with van der Waals surface area (Å²) in [7, 11) is 1.19. The number of benzene rings is 2. The first kappa shape index (κ1) is 22.8. The quantitative estimate of drug-likeness (QED) is 0.219. The molecule has 1 aliphatic heterocycles. The number of rotatable bonds is 6. The highest BCUT2D eigenvalue weighted by atomic mass is 127. The molecule has 1 heterocycles. The van der Waals surface area contributed by atoms with Gasteiger partial charge in [0.05, 0.1) is 14.3 Å². The van der Waals surface area contributed by atoms with Crippen molar-refractivity contribution < 1.29 is 23.9 Å².